The van der Waals surface area contributed by atoms with Gasteiger partial charge in [-0.3, -0.25) is 4.79 Å². The Morgan fingerprint density at radius 1 is 0.941 bits per heavy atom. The van der Waals surface area contributed by atoms with E-state index in [1.807, 2.05) is 47.0 Å². The van der Waals surface area contributed by atoms with Crippen LogP contribution in [0.4, 0.5) is 5.69 Å². The first kappa shape index (κ1) is 20.5. The van der Waals surface area contributed by atoms with E-state index in [1.165, 1.54) is 6.42 Å². The van der Waals surface area contributed by atoms with Crippen molar-refractivity contribution in [1.29, 1.82) is 0 Å². The van der Waals surface area contributed by atoms with Crippen molar-refractivity contribution >= 4 is 28.6 Å². The predicted molar refractivity (Wildman–Crippen MR) is 128 cm³/mol. The van der Waals surface area contributed by atoms with E-state index >= 15 is 0 Å². The summed E-state index contributed by atoms with van der Waals surface area (Å²) in [4.78, 5) is 25.6. The lowest BCUT2D eigenvalue weighted by atomic mass is 9.90. The molecule has 7 nitrogen and oxygen atoms in total. The first-order valence-corrected chi connectivity index (χ1v) is 11.4. The van der Waals surface area contributed by atoms with Crippen LogP contribution in [0.1, 0.15) is 16.8 Å². The van der Waals surface area contributed by atoms with Gasteiger partial charge in [0.2, 0.25) is 5.36 Å². The molecule has 0 amide bonds. The average Bonchev–Trinajstić information content (AvgIpc) is 2.75. The van der Waals surface area contributed by atoms with Gasteiger partial charge in [-0.1, -0.05) is 18.2 Å². The van der Waals surface area contributed by atoms with Crippen LogP contribution < -0.4 is 14.8 Å². The third kappa shape index (κ3) is 3.23. The maximum absolute atomic E-state index is 12.0. The third-order valence-corrected chi connectivity index (χ3v) is 6.93. The number of carbonyl (C=O) groups is 2. The van der Waals surface area contributed by atoms with Gasteiger partial charge in [-0.25, -0.2) is 9.37 Å². The Morgan fingerprint density at radius 2 is 1.74 bits per heavy atom. The van der Waals surface area contributed by atoms with E-state index in [0.29, 0.717) is 30.0 Å². The van der Waals surface area contributed by atoms with Crippen molar-refractivity contribution in [3.63, 3.8) is 0 Å². The second-order valence-corrected chi connectivity index (χ2v) is 8.97. The molecular formula is C27H23N2O5+. The van der Waals surface area contributed by atoms with Gasteiger partial charge in [0.15, 0.2) is 19.0 Å². The highest BCUT2D eigenvalue weighted by Crippen LogP contribution is 2.42. The Kier molecular flexibility index (Phi) is 4.65. The summed E-state index contributed by atoms with van der Waals surface area (Å²) < 4.78 is 8.40. The minimum atomic E-state index is -0.980. The van der Waals surface area contributed by atoms with Crippen LogP contribution in [0.3, 0.4) is 0 Å². The Bertz CT molecular complexity index is 1510. The van der Waals surface area contributed by atoms with Crippen LogP contribution in [0, 0.1) is 5.92 Å². The highest BCUT2D eigenvalue weighted by Gasteiger charge is 2.37. The number of rotatable bonds is 4. The first-order chi connectivity index (χ1) is 16.5. The summed E-state index contributed by atoms with van der Waals surface area (Å²) in [7, 11) is 0. The molecule has 2 aromatic carbocycles. The molecule has 2 fully saturated rings. The SMILES string of the molecule is O=C(O)c1ccccc1-c1c2ccc(=[N+]3CC(C(=O)O)C3)cc-2oc2cc(N3CCC3)ccc12. The van der Waals surface area contributed by atoms with Gasteiger partial charge in [0, 0.05) is 47.4 Å². The molecule has 34 heavy (non-hydrogen) atoms. The standard InChI is InChI=1S/C27H22N2O5/c30-26(31)16-14-29(15-16)18-7-9-22-24(13-18)34-23-12-17(28-10-3-11-28)6-8-21(23)25(22)19-4-1-2-5-20(19)27(32)33/h1-2,4-9,12-13,16H,3,10-11,14-15H2,(H-,30,31,32,33)/p+1. The quantitative estimate of drug-likeness (QED) is 0.361. The fraction of sp³-hybridized carbons (Fsp3) is 0.222. The number of hydrogen-bond donors (Lipinski definition) is 2. The van der Waals surface area contributed by atoms with Crippen molar-refractivity contribution in [2.45, 2.75) is 6.42 Å². The van der Waals surface area contributed by atoms with Crippen LogP contribution in [0.2, 0.25) is 0 Å². The number of nitrogens with zero attached hydrogens (tertiary/aromatic N) is 2. The molecule has 3 heterocycles. The van der Waals surface area contributed by atoms with Crippen molar-refractivity contribution in [2.24, 2.45) is 5.92 Å². The molecule has 0 aromatic heterocycles. The molecular weight excluding hydrogens is 432 g/mol. The van der Waals surface area contributed by atoms with E-state index in [4.69, 9.17) is 4.42 Å². The molecule has 3 aliphatic heterocycles. The van der Waals surface area contributed by atoms with E-state index in [9.17, 15) is 19.8 Å². The van der Waals surface area contributed by atoms with Crippen molar-refractivity contribution < 1.29 is 24.2 Å². The number of fused-ring (bicyclic) bond motifs is 2. The summed E-state index contributed by atoms with van der Waals surface area (Å²) in [5.41, 5.74) is 4.29. The van der Waals surface area contributed by atoms with E-state index in [-0.39, 0.29) is 11.5 Å². The van der Waals surface area contributed by atoms with Gasteiger partial charge in [-0.2, -0.15) is 0 Å². The molecule has 2 aromatic rings. The van der Waals surface area contributed by atoms with E-state index in [0.717, 1.165) is 40.6 Å². The van der Waals surface area contributed by atoms with Gasteiger partial charge in [0.25, 0.3) is 0 Å². The number of hydrogen-bond acceptors (Lipinski definition) is 4. The Labute approximate surface area is 195 Å². The second-order valence-electron chi connectivity index (χ2n) is 8.97. The minimum absolute atomic E-state index is 0.235. The normalized spacial score (nSPS) is 17.5. The van der Waals surface area contributed by atoms with E-state index < -0.39 is 11.9 Å². The van der Waals surface area contributed by atoms with Crippen LogP contribution in [-0.4, -0.2) is 48.3 Å². The monoisotopic (exact) mass is 455 g/mol. The fourth-order valence-electron chi connectivity index (χ4n) is 4.86. The van der Waals surface area contributed by atoms with Crippen LogP contribution in [-0.2, 0) is 4.79 Å². The molecule has 0 saturated carbocycles. The van der Waals surface area contributed by atoms with Crippen molar-refractivity contribution in [3.05, 3.63) is 71.6 Å². The molecule has 0 spiro atoms. The molecule has 170 valence electrons. The molecule has 1 aliphatic carbocycles. The van der Waals surface area contributed by atoms with Gasteiger partial charge >= 0.3 is 11.9 Å². The van der Waals surface area contributed by atoms with Gasteiger partial charge in [-0.15, -0.1) is 0 Å². The molecule has 0 bridgehead atoms. The lowest BCUT2D eigenvalue weighted by Crippen LogP contribution is -2.52. The Morgan fingerprint density at radius 3 is 2.44 bits per heavy atom. The van der Waals surface area contributed by atoms with Crippen molar-refractivity contribution in [1.82, 2.24) is 4.58 Å². The number of anilines is 1. The minimum Gasteiger partial charge on any atom is -0.481 e. The molecule has 0 atom stereocenters. The molecule has 2 N–H and O–H groups in total. The molecule has 2 saturated heterocycles. The summed E-state index contributed by atoms with van der Waals surface area (Å²) in [6.45, 7) is 2.94. The average molecular weight is 455 g/mol. The molecule has 4 aliphatic rings. The second kappa shape index (κ2) is 7.73. The topological polar surface area (TPSA) is 94.0 Å². The lowest BCUT2D eigenvalue weighted by molar-refractivity contribution is -0.143. The van der Waals surface area contributed by atoms with E-state index in [1.54, 1.807) is 12.1 Å². The molecule has 0 radical (unpaired) electrons. The summed E-state index contributed by atoms with van der Waals surface area (Å²) in [6, 6.07) is 19.0. The number of carboxylic acid groups (broad SMARTS) is 2. The number of aliphatic carboxylic acids is 1. The zero-order valence-corrected chi connectivity index (χ0v) is 18.4. The number of aromatic carboxylic acids is 1. The first-order valence-electron chi connectivity index (χ1n) is 11.4. The third-order valence-electron chi connectivity index (χ3n) is 6.93. The molecule has 7 heteroatoms. The molecule has 6 rings (SSSR count). The Balaban J connectivity index is 1.62. The highest BCUT2D eigenvalue weighted by molar-refractivity contribution is 6.07. The van der Waals surface area contributed by atoms with Gasteiger partial charge < -0.3 is 19.5 Å². The van der Waals surface area contributed by atoms with E-state index in [2.05, 4.69) is 11.0 Å². The van der Waals surface area contributed by atoms with Crippen molar-refractivity contribution in [3.8, 4) is 22.5 Å². The van der Waals surface area contributed by atoms with Crippen LogP contribution in [0.25, 0.3) is 33.4 Å². The van der Waals surface area contributed by atoms with Gasteiger partial charge in [0.1, 0.15) is 11.3 Å². The summed E-state index contributed by atoms with van der Waals surface area (Å²) in [6.07, 6.45) is 1.17. The maximum atomic E-state index is 12.0. The van der Waals surface area contributed by atoms with Crippen LogP contribution in [0.5, 0.6) is 0 Å². The highest BCUT2D eigenvalue weighted by atomic mass is 16.4. The predicted octanol–water partition coefficient (Wildman–Crippen LogP) is 3.60. The lowest BCUT2D eigenvalue weighted by Gasteiger charge is -2.33. The largest absolute Gasteiger partial charge is 0.481 e. The number of carboxylic acids is 2. The smallest absolute Gasteiger partial charge is 0.336 e. The maximum Gasteiger partial charge on any atom is 0.336 e. The van der Waals surface area contributed by atoms with Gasteiger partial charge in [0.05, 0.1) is 11.6 Å². The van der Waals surface area contributed by atoms with Crippen LogP contribution in [0.15, 0.2) is 65.1 Å². The zero-order chi connectivity index (χ0) is 23.4. The number of benzene rings is 3. The summed E-state index contributed by atoms with van der Waals surface area (Å²) >= 11 is 0. The van der Waals surface area contributed by atoms with Crippen LogP contribution >= 0.6 is 0 Å². The molecule has 0 unspecified atom stereocenters. The summed E-state index contributed by atoms with van der Waals surface area (Å²) in [5, 5.41) is 20.8. The zero-order valence-electron chi connectivity index (χ0n) is 18.4. The summed E-state index contributed by atoms with van der Waals surface area (Å²) in [5.74, 6) is -1.48. The van der Waals surface area contributed by atoms with Crippen molar-refractivity contribution in [2.75, 3.05) is 31.1 Å². The Hall–Kier alpha value is -4.13. The fourth-order valence-corrected chi connectivity index (χ4v) is 4.86. The van der Waals surface area contributed by atoms with Gasteiger partial charge in [-0.05, 0) is 36.2 Å².